The van der Waals surface area contributed by atoms with Crippen LogP contribution in [0.3, 0.4) is 0 Å². The molecule has 4 atom stereocenters. The molecule has 0 saturated carbocycles. The van der Waals surface area contributed by atoms with Crippen LogP contribution in [0.5, 0.6) is 0 Å². The summed E-state index contributed by atoms with van der Waals surface area (Å²) in [5.41, 5.74) is -1.62. The first-order chi connectivity index (χ1) is 7.75. The van der Waals surface area contributed by atoms with E-state index in [1.54, 1.807) is 0 Å². The standard InChI is InChI=1S/C10H17NO4S/c1-10(2,3)9-11(6-12)7(5-16(9)14)8(13)15-4/h6-7,9H,5H2,1-4H3/t7-,9+,16?/m0/s1/i5D/t5-,7-,9+,16?. The second-order valence-corrected chi connectivity index (χ2v) is 6.08. The molecule has 1 fully saturated rings. The molecule has 0 aromatic rings. The molecule has 0 N–H and O–H groups in total. The molecular formula is C10H17NO4S. The lowest BCUT2D eigenvalue weighted by molar-refractivity contribution is -0.149. The normalized spacial score (nSPS) is 35.8. The molecule has 16 heavy (non-hydrogen) atoms. The number of carbonyl (C=O) groups excluding carboxylic acids is 2. The van der Waals surface area contributed by atoms with Gasteiger partial charge in [-0.15, -0.1) is 0 Å². The van der Waals surface area contributed by atoms with Gasteiger partial charge in [0.05, 0.1) is 12.8 Å². The SMILES string of the molecule is [2H][C@H]1[C@@H](C(=O)OC)N(C=O)[C@@H](C(C)(C)C)S1=O. The van der Waals surface area contributed by atoms with Crippen LogP contribution in [0.1, 0.15) is 22.1 Å². The number of hydrogen-bond acceptors (Lipinski definition) is 4. The molecule has 1 saturated heterocycles. The predicted molar refractivity (Wildman–Crippen MR) is 60.0 cm³/mol. The molecule has 0 bridgehead atoms. The summed E-state index contributed by atoms with van der Waals surface area (Å²) in [5.74, 6) is -0.697. The highest BCUT2D eigenvalue weighted by molar-refractivity contribution is 7.86. The minimum atomic E-state index is -1.60. The van der Waals surface area contributed by atoms with Gasteiger partial charge in [-0.25, -0.2) is 4.79 Å². The maximum absolute atomic E-state index is 12.1. The molecule has 0 aromatic carbocycles. The van der Waals surface area contributed by atoms with E-state index in [1.165, 1.54) is 7.11 Å². The molecule has 0 radical (unpaired) electrons. The zero-order valence-corrected chi connectivity index (χ0v) is 10.6. The van der Waals surface area contributed by atoms with Gasteiger partial charge in [0.2, 0.25) is 6.41 Å². The Morgan fingerprint density at radius 3 is 2.56 bits per heavy atom. The van der Waals surface area contributed by atoms with Gasteiger partial charge in [-0.2, -0.15) is 0 Å². The van der Waals surface area contributed by atoms with Crippen LogP contribution in [0.4, 0.5) is 0 Å². The average Bonchev–Trinajstić information content (AvgIpc) is 2.49. The zero-order chi connectivity index (χ0) is 13.4. The third-order valence-corrected chi connectivity index (χ3v) is 4.30. The van der Waals surface area contributed by atoms with Crippen molar-refractivity contribution in [2.45, 2.75) is 32.2 Å². The first kappa shape index (κ1) is 11.6. The minimum Gasteiger partial charge on any atom is -0.467 e. The summed E-state index contributed by atoms with van der Waals surface area (Å²) in [7, 11) is -0.411. The highest BCUT2D eigenvalue weighted by Gasteiger charge is 2.48. The molecule has 92 valence electrons. The van der Waals surface area contributed by atoms with E-state index in [2.05, 4.69) is 4.74 Å². The molecule has 0 spiro atoms. The van der Waals surface area contributed by atoms with E-state index < -0.39 is 39.3 Å². The van der Waals surface area contributed by atoms with Crippen molar-refractivity contribution >= 4 is 23.2 Å². The highest BCUT2D eigenvalue weighted by atomic mass is 32.2. The summed E-state index contributed by atoms with van der Waals surface area (Å²) in [6.07, 6.45) is 0.476. The van der Waals surface area contributed by atoms with Gasteiger partial charge >= 0.3 is 5.97 Å². The number of carbonyl (C=O) groups is 2. The Hall–Kier alpha value is -0.910. The Morgan fingerprint density at radius 1 is 1.62 bits per heavy atom. The predicted octanol–water partition coefficient (Wildman–Crippen LogP) is 0.121. The lowest BCUT2D eigenvalue weighted by Crippen LogP contribution is -2.46. The summed E-state index contributed by atoms with van der Waals surface area (Å²) in [6, 6.07) is -1.08. The summed E-state index contributed by atoms with van der Waals surface area (Å²) < 4.78 is 24.4. The van der Waals surface area contributed by atoms with Crippen molar-refractivity contribution in [3.05, 3.63) is 0 Å². The number of esters is 1. The fourth-order valence-electron chi connectivity index (χ4n) is 1.75. The Kier molecular flexibility index (Phi) is 3.28. The van der Waals surface area contributed by atoms with Gasteiger partial charge in [-0.05, 0) is 5.41 Å². The topological polar surface area (TPSA) is 63.7 Å². The second kappa shape index (κ2) is 4.53. The Bertz CT molecular complexity index is 355. The second-order valence-electron chi connectivity index (χ2n) is 4.70. The molecular weight excluding hydrogens is 230 g/mol. The van der Waals surface area contributed by atoms with Gasteiger partial charge < -0.3 is 9.64 Å². The fourth-order valence-corrected chi connectivity index (χ4v) is 3.52. The summed E-state index contributed by atoms with van der Waals surface area (Å²) in [5, 5.41) is -0.647. The Morgan fingerprint density at radius 2 is 2.19 bits per heavy atom. The van der Waals surface area contributed by atoms with E-state index in [0.29, 0.717) is 6.41 Å². The summed E-state index contributed by atoms with van der Waals surface area (Å²) in [6.45, 7) is 5.45. The molecule has 1 aliphatic rings. The van der Waals surface area contributed by atoms with Crippen LogP contribution in [-0.4, -0.2) is 45.7 Å². The number of ether oxygens (including phenoxy) is 1. The maximum Gasteiger partial charge on any atom is 0.329 e. The number of amides is 1. The molecule has 1 heterocycles. The van der Waals surface area contributed by atoms with E-state index >= 15 is 0 Å². The van der Waals surface area contributed by atoms with E-state index in [9.17, 15) is 13.8 Å². The van der Waals surface area contributed by atoms with Gasteiger partial charge in [0, 0.05) is 12.2 Å². The largest absolute Gasteiger partial charge is 0.467 e. The van der Waals surface area contributed by atoms with E-state index in [4.69, 9.17) is 1.37 Å². The molecule has 1 amide bonds. The molecule has 0 aliphatic carbocycles. The van der Waals surface area contributed by atoms with Crippen molar-refractivity contribution in [1.82, 2.24) is 4.90 Å². The van der Waals surface area contributed by atoms with Crippen molar-refractivity contribution in [2.75, 3.05) is 12.8 Å². The maximum atomic E-state index is 12.1. The van der Waals surface area contributed by atoms with Crippen molar-refractivity contribution in [3.63, 3.8) is 0 Å². The van der Waals surface area contributed by atoms with Crippen molar-refractivity contribution in [2.24, 2.45) is 5.41 Å². The van der Waals surface area contributed by atoms with Crippen LogP contribution in [0.15, 0.2) is 0 Å². The van der Waals surface area contributed by atoms with Crippen molar-refractivity contribution in [1.29, 1.82) is 0 Å². The lowest BCUT2D eigenvalue weighted by atomic mass is 9.95. The number of methoxy groups -OCH3 is 1. The van der Waals surface area contributed by atoms with Crippen molar-refractivity contribution < 1.29 is 19.9 Å². The fraction of sp³-hybridized carbons (Fsp3) is 0.800. The third-order valence-electron chi connectivity index (χ3n) is 2.38. The quantitative estimate of drug-likeness (QED) is 0.514. The third kappa shape index (κ3) is 2.26. The Balaban J connectivity index is 3.16. The number of rotatable bonds is 2. The number of nitrogens with zero attached hydrogens (tertiary/aromatic N) is 1. The highest BCUT2D eigenvalue weighted by Crippen LogP contribution is 2.33. The van der Waals surface area contributed by atoms with E-state index in [1.807, 2.05) is 20.8 Å². The molecule has 1 rings (SSSR count). The molecule has 1 unspecified atom stereocenters. The first-order valence-corrected chi connectivity index (χ1v) is 6.15. The van der Waals surface area contributed by atoms with Gasteiger partial charge in [-0.1, -0.05) is 20.8 Å². The molecule has 0 aromatic heterocycles. The Labute approximate surface area is 99.0 Å². The van der Waals surface area contributed by atoms with Crippen LogP contribution in [0.2, 0.25) is 0 Å². The molecule has 5 nitrogen and oxygen atoms in total. The van der Waals surface area contributed by atoms with Gasteiger partial charge in [-0.3, -0.25) is 9.00 Å². The van der Waals surface area contributed by atoms with Crippen LogP contribution in [-0.2, 0) is 25.1 Å². The first-order valence-electron chi connectivity index (χ1n) is 5.45. The minimum absolute atomic E-state index is 0.464. The zero-order valence-electron chi connectivity index (χ0n) is 10.8. The van der Waals surface area contributed by atoms with Crippen LogP contribution >= 0.6 is 0 Å². The van der Waals surface area contributed by atoms with Gasteiger partial charge in [0.25, 0.3) is 0 Å². The molecule has 6 heteroatoms. The number of hydrogen-bond donors (Lipinski definition) is 0. The molecule has 1 aliphatic heterocycles. The lowest BCUT2D eigenvalue weighted by Gasteiger charge is -2.32. The van der Waals surface area contributed by atoms with Gasteiger partial charge in [0.15, 0.2) is 0 Å². The van der Waals surface area contributed by atoms with Crippen molar-refractivity contribution in [3.8, 4) is 0 Å². The van der Waals surface area contributed by atoms with E-state index in [0.717, 1.165) is 4.90 Å². The van der Waals surface area contributed by atoms with E-state index in [-0.39, 0.29) is 0 Å². The summed E-state index contributed by atoms with van der Waals surface area (Å²) >= 11 is 0. The van der Waals surface area contributed by atoms with Crippen LogP contribution in [0, 0.1) is 5.41 Å². The smallest absolute Gasteiger partial charge is 0.329 e. The van der Waals surface area contributed by atoms with Gasteiger partial charge in [0.1, 0.15) is 11.4 Å². The summed E-state index contributed by atoms with van der Waals surface area (Å²) in [4.78, 5) is 23.8. The van der Waals surface area contributed by atoms with Crippen LogP contribution < -0.4 is 0 Å². The van der Waals surface area contributed by atoms with Crippen LogP contribution in [0.25, 0.3) is 0 Å². The average molecular weight is 248 g/mol. The monoisotopic (exact) mass is 248 g/mol.